The van der Waals surface area contributed by atoms with Crippen molar-refractivity contribution in [3.63, 3.8) is 0 Å². The summed E-state index contributed by atoms with van der Waals surface area (Å²) >= 11 is 0. The van der Waals surface area contributed by atoms with Gasteiger partial charge in [0.15, 0.2) is 0 Å². The van der Waals surface area contributed by atoms with Gasteiger partial charge in [-0.1, -0.05) is 54.9 Å². The number of amides is 5. The van der Waals surface area contributed by atoms with Crippen LogP contribution in [0.5, 0.6) is 0 Å². The molecule has 0 bridgehead atoms. The van der Waals surface area contributed by atoms with Crippen LogP contribution in [0.4, 0.5) is 4.79 Å². The molecule has 2 fully saturated rings. The van der Waals surface area contributed by atoms with Gasteiger partial charge in [-0.15, -0.1) is 0 Å². The second kappa shape index (κ2) is 13.4. The summed E-state index contributed by atoms with van der Waals surface area (Å²) in [5.41, 5.74) is -1.65. The smallest absolute Gasteiger partial charge is 0.408 e. The van der Waals surface area contributed by atoms with E-state index >= 15 is 0 Å². The summed E-state index contributed by atoms with van der Waals surface area (Å²) in [5.74, 6) is -3.22. The zero-order valence-electron chi connectivity index (χ0n) is 26.9. The summed E-state index contributed by atoms with van der Waals surface area (Å²) in [5, 5.41) is 10.4. The van der Waals surface area contributed by atoms with E-state index in [-0.39, 0.29) is 30.2 Å². The number of hydrogen-bond acceptors (Lipinski definition) is 7. The Hall–Kier alpha value is -3.18. The molecule has 0 aromatic carbocycles. The van der Waals surface area contributed by atoms with Crippen molar-refractivity contribution < 1.29 is 33.5 Å². The van der Waals surface area contributed by atoms with Crippen molar-refractivity contribution in [3.05, 3.63) is 0 Å². The normalized spacial score (nSPS) is 22.2. The van der Waals surface area contributed by atoms with Crippen LogP contribution in [-0.4, -0.2) is 83.8 Å². The predicted octanol–water partition coefficient (Wildman–Crippen LogP) is 1.91. The number of alkyl carbamates (subject to hydrolysis) is 1. The maximum atomic E-state index is 14.0. The van der Waals surface area contributed by atoms with E-state index in [1.807, 2.05) is 48.5 Å². The average molecular weight is 594 g/mol. The molecule has 2 unspecified atom stereocenters. The average Bonchev–Trinajstić information content (AvgIpc) is 3.19. The lowest BCUT2D eigenvalue weighted by atomic mass is 9.85. The predicted molar refractivity (Wildman–Crippen MR) is 157 cm³/mol. The molecular formula is C30H51N5O7. The fourth-order valence-electron chi connectivity index (χ4n) is 5.60. The minimum absolute atomic E-state index is 0.0737. The van der Waals surface area contributed by atoms with Crippen LogP contribution in [0.1, 0.15) is 88.5 Å². The van der Waals surface area contributed by atoms with Gasteiger partial charge in [-0.3, -0.25) is 24.0 Å². The number of carbonyl (C=O) groups is 6. The van der Waals surface area contributed by atoms with Crippen molar-refractivity contribution >= 4 is 35.5 Å². The summed E-state index contributed by atoms with van der Waals surface area (Å²) in [6, 6.07) is -2.96. The molecule has 12 heteroatoms. The molecule has 0 aromatic heterocycles. The molecule has 2 rings (SSSR count). The SMILES string of the molecule is CCCNC(=O)CNC(=O)C(=O)C(CCC)NC(=O)[C@@H]1C2[C@H](CN1C(=O)[C@@H](NC(=O)OC(C)(C)C)C(C)(C)C)C2(C)C. The third-order valence-corrected chi connectivity index (χ3v) is 7.95. The molecular weight excluding hydrogens is 542 g/mol. The number of fused-ring (bicyclic) bond motifs is 1. The van der Waals surface area contributed by atoms with Crippen LogP contribution < -0.4 is 21.3 Å². The Morgan fingerprint density at radius 1 is 0.929 bits per heavy atom. The van der Waals surface area contributed by atoms with Crippen LogP contribution in [0.3, 0.4) is 0 Å². The lowest BCUT2D eigenvalue weighted by Gasteiger charge is -2.38. The van der Waals surface area contributed by atoms with Gasteiger partial charge in [0.2, 0.25) is 23.5 Å². The van der Waals surface area contributed by atoms with E-state index in [1.54, 1.807) is 20.8 Å². The van der Waals surface area contributed by atoms with Gasteiger partial charge in [0.25, 0.3) is 5.91 Å². The summed E-state index contributed by atoms with van der Waals surface area (Å²) in [6.07, 6.45) is 0.723. The zero-order valence-corrected chi connectivity index (χ0v) is 26.9. The quantitative estimate of drug-likeness (QED) is 0.251. The maximum Gasteiger partial charge on any atom is 0.408 e. The number of nitrogens with one attached hydrogen (secondary N) is 4. The molecule has 0 spiro atoms. The Balaban J connectivity index is 2.23. The van der Waals surface area contributed by atoms with Crippen LogP contribution in [0, 0.1) is 22.7 Å². The summed E-state index contributed by atoms with van der Waals surface area (Å²) in [4.78, 5) is 79.4. The van der Waals surface area contributed by atoms with Crippen LogP contribution in [0.25, 0.3) is 0 Å². The third kappa shape index (κ3) is 8.67. The number of likely N-dealkylation sites (tertiary alicyclic amines) is 1. The molecule has 238 valence electrons. The molecule has 5 amide bonds. The Morgan fingerprint density at radius 2 is 1.55 bits per heavy atom. The first-order valence-corrected chi connectivity index (χ1v) is 14.9. The van der Waals surface area contributed by atoms with Gasteiger partial charge in [-0.25, -0.2) is 4.79 Å². The van der Waals surface area contributed by atoms with Gasteiger partial charge in [0.1, 0.15) is 17.7 Å². The number of rotatable bonds is 12. The van der Waals surface area contributed by atoms with E-state index in [1.165, 1.54) is 4.90 Å². The van der Waals surface area contributed by atoms with Crippen molar-refractivity contribution in [2.24, 2.45) is 22.7 Å². The molecule has 1 aliphatic heterocycles. The monoisotopic (exact) mass is 593 g/mol. The highest BCUT2D eigenvalue weighted by atomic mass is 16.6. The van der Waals surface area contributed by atoms with E-state index in [2.05, 4.69) is 21.3 Å². The topological polar surface area (TPSA) is 163 Å². The molecule has 1 aliphatic carbocycles. The maximum absolute atomic E-state index is 14.0. The summed E-state index contributed by atoms with van der Waals surface area (Å²) < 4.78 is 5.40. The van der Waals surface area contributed by atoms with Crippen LogP contribution in [-0.2, 0) is 28.7 Å². The fraction of sp³-hybridized carbons (Fsp3) is 0.800. The molecule has 1 heterocycles. The molecule has 5 atom stereocenters. The molecule has 0 radical (unpaired) electrons. The van der Waals surface area contributed by atoms with E-state index in [4.69, 9.17) is 4.74 Å². The van der Waals surface area contributed by atoms with E-state index in [9.17, 15) is 28.8 Å². The number of Topliss-reactive ketones (excluding diaryl/α,β-unsaturated/α-hetero) is 1. The van der Waals surface area contributed by atoms with E-state index in [0.29, 0.717) is 19.5 Å². The van der Waals surface area contributed by atoms with Crippen molar-refractivity contribution in [1.29, 1.82) is 0 Å². The minimum atomic E-state index is -1.11. The zero-order chi connectivity index (χ0) is 32.2. The number of hydrogen-bond donors (Lipinski definition) is 4. The van der Waals surface area contributed by atoms with Crippen molar-refractivity contribution in [2.45, 2.75) is 112 Å². The molecule has 42 heavy (non-hydrogen) atoms. The minimum Gasteiger partial charge on any atom is -0.444 e. The van der Waals surface area contributed by atoms with Gasteiger partial charge in [-0.2, -0.15) is 0 Å². The lowest BCUT2D eigenvalue weighted by molar-refractivity contribution is -0.145. The standard InChI is InChI=1S/C30H51N5O7/c1-11-13-18(22(37)25(39)32-15-19(36)31-14-12-2)33-24(38)21-20-17(30(20,9)10)16-35(21)26(40)23(28(3,4)5)34-27(41)42-29(6,7)8/h17-18,20-21,23H,11-16H2,1-10H3,(H,31,36)(H,32,39)(H,33,38)(H,34,41)/t17-,18?,20?,21-,23+/m0/s1. The molecule has 1 saturated heterocycles. The second-order valence-corrected chi connectivity index (χ2v) is 14.1. The first-order valence-electron chi connectivity index (χ1n) is 14.9. The summed E-state index contributed by atoms with van der Waals surface area (Å²) in [7, 11) is 0. The highest BCUT2D eigenvalue weighted by Gasteiger charge is 2.70. The third-order valence-electron chi connectivity index (χ3n) is 7.95. The van der Waals surface area contributed by atoms with Gasteiger partial charge < -0.3 is 30.9 Å². The molecule has 12 nitrogen and oxygen atoms in total. The molecule has 4 N–H and O–H groups in total. The molecule has 2 aliphatic rings. The second-order valence-electron chi connectivity index (χ2n) is 14.1. The van der Waals surface area contributed by atoms with Crippen molar-refractivity contribution in [1.82, 2.24) is 26.2 Å². The number of carbonyl (C=O) groups excluding carboxylic acids is 6. The number of nitrogens with zero attached hydrogens (tertiary/aromatic N) is 1. The summed E-state index contributed by atoms with van der Waals surface area (Å²) in [6.45, 7) is 18.9. The van der Waals surface area contributed by atoms with Gasteiger partial charge in [-0.05, 0) is 56.3 Å². The largest absolute Gasteiger partial charge is 0.444 e. The van der Waals surface area contributed by atoms with Crippen LogP contribution >= 0.6 is 0 Å². The highest BCUT2D eigenvalue weighted by Crippen LogP contribution is 2.65. The Bertz CT molecular complexity index is 1060. The first-order chi connectivity index (χ1) is 19.3. The highest BCUT2D eigenvalue weighted by molar-refractivity contribution is 6.38. The first kappa shape index (κ1) is 35.0. The molecule has 1 saturated carbocycles. The number of ketones is 1. The van der Waals surface area contributed by atoms with E-state index < -0.39 is 64.6 Å². The van der Waals surface area contributed by atoms with Crippen LogP contribution in [0.2, 0.25) is 0 Å². The van der Waals surface area contributed by atoms with Crippen LogP contribution in [0.15, 0.2) is 0 Å². The number of ether oxygens (including phenoxy) is 1. The van der Waals surface area contributed by atoms with Gasteiger partial charge in [0.05, 0.1) is 12.6 Å². The van der Waals surface area contributed by atoms with Crippen molar-refractivity contribution in [2.75, 3.05) is 19.6 Å². The Morgan fingerprint density at radius 3 is 2.07 bits per heavy atom. The lowest BCUT2D eigenvalue weighted by Crippen LogP contribution is -2.60. The van der Waals surface area contributed by atoms with E-state index in [0.717, 1.165) is 6.42 Å². The Kier molecular flexibility index (Phi) is 11.2. The fourth-order valence-corrected chi connectivity index (χ4v) is 5.60. The number of piperidine rings is 1. The molecule has 0 aromatic rings. The van der Waals surface area contributed by atoms with Gasteiger partial charge in [0, 0.05) is 13.1 Å². The Labute approximate surface area is 249 Å². The van der Waals surface area contributed by atoms with Gasteiger partial charge >= 0.3 is 6.09 Å². The van der Waals surface area contributed by atoms with Crippen molar-refractivity contribution in [3.8, 4) is 0 Å².